The maximum absolute atomic E-state index is 11.2. The second kappa shape index (κ2) is 7.05. The minimum atomic E-state index is -0.396. The van der Waals surface area contributed by atoms with Gasteiger partial charge in [-0.2, -0.15) is 5.10 Å². The van der Waals surface area contributed by atoms with Gasteiger partial charge in [-0.1, -0.05) is 54.1 Å². The Kier molecular flexibility index (Phi) is 4.44. The van der Waals surface area contributed by atoms with E-state index in [4.69, 9.17) is 16.7 Å². The predicted molar refractivity (Wildman–Crippen MR) is 106 cm³/mol. The molecule has 132 valence electrons. The first kappa shape index (κ1) is 17.0. The van der Waals surface area contributed by atoms with Crippen LogP contribution in [0.3, 0.4) is 0 Å². The van der Waals surface area contributed by atoms with Gasteiger partial charge in [0.25, 0.3) is 5.69 Å². The number of nitro groups is 1. The van der Waals surface area contributed by atoms with Gasteiger partial charge in [0.2, 0.25) is 0 Å². The summed E-state index contributed by atoms with van der Waals surface area (Å²) in [6, 6.07) is 25.6. The molecule has 0 fully saturated rings. The molecule has 1 aromatic heterocycles. The summed E-state index contributed by atoms with van der Waals surface area (Å²) in [6.07, 6.45) is 0. The fourth-order valence-electron chi connectivity index (χ4n) is 2.89. The number of rotatable bonds is 4. The first-order chi connectivity index (χ1) is 13.1. The van der Waals surface area contributed by atoms with Gasteiger partial charge in [-0.3, -0.25) is 10.1 Å². The molecule has 0 radical (unpaired) electrons. The minimum Gasteiger partial charge on any atom is -0.258 e. The van der Waals surface area contributed by atoms with E-state index in [0.29, 0.717) is 5.02 Å². The van der Waals surface area contributed by atoms with Crippen LogP contribution >= 0.6 is 11.6 Å². The molecule has 1 heterocycles. The summed E-state index contributed by atoms with van der Waals surface area (Å²) in [5, 5.41) is 16.6. The van der Waals surface area contributed by atoms with E-state index in [2.05, 4.69) is 0 Å². The molecule has 4 rings (SSSR count). The summed E-state index contributed by atoms with van der Waals surface area (Å²) in [6.45, 7) is 0. The Bertz CT molecular complexity index is 1110. The standard InChI is InChI=1S/C21H14ClN3O2/c22-17-11-9-15(10-12-17)20-14-21(16-5-4-8-19(13-16)25(26)27)24(23-20)18-6-2-1-3-7-18/h1-14H. The molecule has 0 aliphatic rings. The molecule has 27 heavy (non-hydrogen) atoms. The Morgan fingerprint density at radius 3 is 2.30 bits per heavy atom. The Labute approximate surface area is 160 Å². The summed E-state index contributed by atoms with van der Waals surface area (Å²) in [4.78, 5) is 10.8. The van der Waals surface area contributed by atoms with Gasteiger partial charge in [0.15, 0.2) is 0 Å². The van der Waals surface area contributed by atoms with Crippen LogP contribution in [0.2, 0.25) is 5.02 Å². The zero-order chi connectivity index (χ0) is 18.8. The molecule has 0 spiro atoms. The molecule has 0 atom stereocenters. The van der Waals surface area contributed by atoms with Gasteiger partial charge in [-0.05, 0) is 30.3 Å². The summed E-state index contributed by atoms with van der Waals surface area (Å²) in [7, 11) is 0. The van der Waals surface area contributed by atoms with Gasteiger partial charge < -0.3 is 0 Å². The molecule has 0 aliphatic carbocycles. The summed E-state index contributed by atoms with van der Waals surface area (Å²) < 4.78 is 1.79. The van der Waals surface area contributed by atoms with Crippen LogP contribution in [0.1, 0.15) is 0 Å². The number of para-hydroxylation sites is 1. The van der Waals surface area contributed by atoms with Crippen LogP contribution in [-0.4, -0.2) is 14.7 Å². The van der Waals surface area contributed by atoms with Crippen LogP contribution in [0.5, 0.6) is 0 Å². The molecule has 4 aromatic rings. The SMILES string of the molecule is O=[N+]([O-])c1cccc(-c2cc(-c3ccc(Cl)cc3)nn2-c2ccccc2)c1. The molecule has 0 amide bonds. The largest absolute Gasteiger partial charge is 0.270 e. The molecule has 3 aromatic carbocycles. The Morgan fingerprint density at radius 1 is 0.852 bits per heavy atom. The third kappa shape index (κ3) is 3.45. The summed E-state index contributed by atoms with van der Waals surface area (Å²) >= 11 is 5.99. The van der Waals surface area contributed by atoms with E-state index in [0.717, 1.165) is 28.2 Å². The third-order valence-electron chi connectivity index (χ3n) is 4.20. The Morgan fingerprint density at radius 2 is 1.59 bits per heavy atom. The van der Waals surface area contributed by atoms with Gasteiger partial charge in [0, 0.05) is 28.3 Å². The second-order valence-electron chi connectivity index (χ2n) is 5.98. The minimum absolute atomic E-state index is 0.0429. The molecule has 0 saturated heterocycles. The van der Waals surface area contributed by atoms with Gasteiger partial charge in [0.1, 0.15) is 0 Å². The van der Waals surface area contributed by atoms with E-state index in [1.807, 2.05) is 66.7 Å². The fourth-order valence-corrected chi connectivity index (χ4v) is 3.02. The third-order valence-corrected chi connectivity index (χ3v) is 4.45. The average molecular weight is 376 g/mol. The number of aromatic nitrogens is 2. The van der Waals surface area contributed by atoms with Crippen LogP contribution < -0.4 is 0 Å². The molecular weight excluding hydrogens is 362 g/mol. The van der Waals surface area contributed by atoms with E-state index >= 15 is 0 Å². The lowest BCUT2D eigenvalue weighted by Crippen LogP contribution is -1.99. The van der Waals surface area contributed by atoms with Crippen molar-refractivity contribution in [1.82, 2.24) is 9.78 Å². The summed E-state index contributed by atoms with van der Waals surface area (Å²) in [5.41, 5.74) is 4.09. The maximum Gasteiger partial charge on any atom is 0.270 e. The number of nitrogens with zero attached hydrogens (tertiary/aromatic N) is 3. The average Bonchev–Trinajstić information content (AvgIpc) is 3.15. The van der Waals surface area contributed by atoms with E-state index in [1.54, 1.807) is 16.8 Å². The van der Waals surface area contributed by atoms with Crippen molar-refractivity contribution < 1.29 is 4.92 Å². The topological polar surface area (TPSA) is 61.0 Å². The van der Waals surface area contributed by atoms with E-state index < -0.39 is 4.92 Å². The Balaban J connectivity index is 1.90. The zero-order valence-electron chi connectivity index (χ0n) is 14.1. The van der Waals surface area contributed by atoms with Crippen molar-refractivity contribution >= 4 is 17.3 Å². The summed E-state index contributed by atoms with van der Waals surface area (Å²) in [5.74, 6) is 0. The van der Waals surface area contributed by atoms with Crippen LogP contribution in [0, 0.1) is 10.1 Å². The lowest BCUT2D eigenvalue weighted by molar-refractivity contribution is -0.384. The van der Waals surface area contributed by atoms with Crippen molar-refractivity contribution in [3.8, 4) is 28.2 Å². The van der Waals surface area contributed by atoms with Crippen LogP contribution in [0.15, 0.2) is 84.9 Å². The van der Waals surface area contributed by atoms with Crippen molar-refractivity contribution in [2.45, 2.75) is 0 Å². The highest BCUT2D eigenvalue weighted by Crippen LogP contribution is 2.31. The van der Waals surface area contributed by atoms with Crippen LogP contribution in [-0.2, 0) is 0 Å². The monoisotopic (exact) mass is 375 g/mol. The zero-order valence-corrected chi connectivity index (χ0v) is 14.9. The van der Waals surface area contributed by atoms with E-state index in [-0.39, 0.29) is 5.69 Å². The van der Waals surface area contributed by atoms with Gasteiger partial charge >= 0.3 is 0 Å². The van der Waals surface area contributed by atoms with E-state index in [9.17, 15) is 10.1 Å². The van der Waals surface area contributed by atoms with Crippen LogP contribution in [0.4, 0.5) is 5.69 Å². The molecule has 0 bridgehead atoms. The predicted octanol–water partition coefficient (Wildman–Crippen LogP) is 5.77. The van der Waals surface area contributed by atoms with Crippen molar-refractivity contribution in [3.63, 3.8) is 0 Å². The molecular formula is C21H14ClN3O2. The Hall–Kier alpha value is -3.44. The first-order valence-corrected chi connectivity index (χ1v) is 8.66. The highest BCUT2D eigenvalue weighted by Gasteiger charge is 2.15. The van der Waals surface area contributed by atoms with Crippen molar-refractivity contribution in [1.29, 1.82) is 0 Å². The number of hydrogen-bond acceptors (Lipinski definition) is 3. The number of non-ortho nitro benzene ring substituents is 1. The first-order valence-electron chi connectivity index (χ1n) is 8.28. The van der Waals surface area contributed by atoms with E-state index in [1.165, 1.54) is 6.07 Å². The fraction of sp³-hybridized carbons (Fsp3) is 0. The van der Waals surface area contributed by atoms with Crippen LogP contribution in [0.25, 0.3) is 28.2 Å². The number of hydrogen-bond donors (Lipinski definition) is 0. The number of halogens is 1. The molecule has 0 unspecified atom stereocenters. The van der Waals surface area contributed by atoms with Crippen molar-refractivity contribution in [2.24, 2.45) is 0 Å². The van der Waals surface area contributed by atoms with Gasteiger partial charge in [0.05, 0.1) is 22.0 Å². The number of benzene rings is 3. The van der Waals surface area contributed by atoms with Gasteiger partial charge in [-0.15, -0.1) is 0 Å². The highest BCUT2D eigenvalue weighted by atomic mass is 35.5. The molecule has 0 aliphatic heterocycles. The molecule has 5 nitrogen and oxygen atoms in total. The molecule has 0 saturated carbocycles. The maximum atomic E-state index is 11.2. The lowest BCUT2D eigenvalue weighted by atomic mass is 10.1. The second-order valence-corrected chi connectivity index (χ2v) is 6.41. The van der Waals surface area contributed by atoms with Crippen molar-refractivity contribution in [3.05, 3.63) is 100 Å². The molecule has 0 N–H and O–H groups in total. The van der Waals surface area contributed by atoms with Gasteiger partial charge in [-0.25, -0.2) is 4.68 Å². The normalized spacial score (nSPS) is 10.7. The number of nitro benzene ring substituents is 1. The smallest absolute Gasteiger partial charge is 0.258 e. The lowest BCUT2D eigenvalue weighted by Gasteiger charge is -2.07. The van der Waals surface area contributed by atoms with Crippen molar-refractivity contribution in [2.75, 3.05) is 0 Å². The molecule has 6 heteroatoms. The quantitative estimate of drug-likeness (QED) is 0.336. The highest BCUT2D eigenvalue weighted by molar-refractivity contribution is 6.30.